The molecule has 0 bridgehead atoms. The average Bonchev–Trinajstić information content (AvgIpc) is 3.40. The van der Waals surface area contributed by atoms with Gasteiger partial charge in [-0.15, -0.1) is 0 Å². The summed E-state index contributed by atoms with van der Waals surface area (Å²) in [5.41, 5.74) is 1.76. The minimum absolute atomic E-state index is 0.0991. The van der Waals surface area contributed by atoms with Gasteiger partial charge in [0.05, 0.1) is 35.0 Å². The van der Waals surface area contributed by atoms with E-state index in [1.165, 1.54) is 35.0 Å². The first-order valence-electron chi connectivity index (χ1n) is 9.20. The molecular weight excluding hydrogens is 455 g/mol. The number of aliphatic hydroxyl groups is 1. The Morgan fingerprint density at radius 3 is 2.65 bits per heavy atom. The van der Waals surface area contributed by atoms with Gasteiger partial charge < -0.3 is 10.0 Å². The number of fused-ring (bicyclic) bond motifs is 1. The molecule has 166 valence electrons. The highest BCUT2D eigenvalue weighted by Crippen LogP contribution is 2.26. The minimum atomic E-state index is -2.44. The number of hydrogen-bond donors (Lipinski definition) is 1. The van der Waals surface area contributed by atoms with Crippen molar-refractivity contribution in [2.24, 2.45) is 0 Å². The van der Waals surface area contributed by atoms with E-state index in [9.17, 15) is 18.0 Å². The minimum Gasteiger partial charge on any atom is -0.396 e. The molecule has 31 heavy (non-hydrogen) atoms. The van der Waals surface area contributed by atoms with Gasteiger partial charge in [-0.05, 0) is 12.1 Å². The molecule has 0 atom stereocenters. The molecule has 1 aromatic carbocycles. The zero-order valence-corrected chi connectivity index (χ0v) is 17.7. The van der Waals surface area contributed by atoms with E-state index in [0.29, 0.717) is 18.0 Å². The van der Waals surface area contributed by atoms with Crippen LogP contribution in [-0.2, 0) is 24.4 Å². The van der Waals surface area contributed by atoms with Gasteiger partial charge in [0.2, 0.25) is 5.91 Å². The van der Waals surface area contributed by atoms with Crippen molar-refractivity contribution in [3.05, 3.63) is 65.0 Å². The van der Waals surface area contributed by atoms with Crippen molar-refractivity contribution < 1.29 is 23.1 Å². The molecule has 12 heteroatoms. The van der Waals surface area contributed by atoms with E-state index in [0.717, 1.165) is 11.3 Å². The fourth-order valence-corrected chi connectivity index (χ4v) is 3.72. The SMILES string of the molecule is Fc1ccccc1Cl.O=C(CCO)N1Cc2cn(Sc3cnn(CC(F)F)c3)nc2C1. The zero-order chi connectivity index (χ0) is 22.4. The van der Waals surface area contributed by atoms with Gasteiger partial charge in [0.25, 0.3) is 6.43 Å². The van der Waals surface area contributed by atoms with E-state index < -0.39 is 13.0 Å². The lowest BCUT2D eigenvalue weighted by Crippen LogP contribution is -2.26. The molecule has 3 aromatic rings. The lowest BCUT2D eigenvalue weighted by atomic mass is 10.3. The second-order valence-corrected chi connectivity index (χ2v) is 7.96. The van der Waals surface area contributed by atoms with Gasteiger partial charge in [0, 0.05) is 42.9 Å². The monoisotopic (exact) mass is 473 g/mol. The van der Waals surface area contributed by atoms with Crippen molar-refractivity contribution in [3.8, 4) is 0 Å². The Morgan fingerprint density at radius 2 is 2.03 bits per heavy atom. The predicted octanol–water partition coefficient (Wildman–Crippen LogP) is 3.60. The van der Waals surface area contributed by atoms with E-state index in [1.807, 2.05) is 6.20 Å². The van der Waals surface area contributed by atoms with Crippen LogP contribution in [0.25, 0.3) is 0 Å². The maximum absolute atomic E-state index is 12.3. The Kier molecular flexibility index (Phi) is 7.99. The quantitative estimate of drug-likeness (QED) is 0.592. The summed E-state index contributed by atoms with van der Waals surface area (Å²) in [5, 5.41) is 17.2. The number of aliphatic hydroxyl groups excluding tert-OH is 1. The first-order valence-corrected chi connectivity index (χ1v) is 10.4. The summed E-state index contributed by atoms with van der Waals surface area (Å²) >= 11 is 6.61. The molecule has 0 saturated heterocycles. The van der Waals surface area contributed by atoms with Gasteiger partial charge in [-0.1, -0.05) is 23.7 Å². The lowest BCUT2D eigenvalue weighted by Gasteiger charge is -2.14. The molecule has 0 aliphatic carbocycles. The van der Waals surface area contributed by atoms with Crippen molar-refractivity contribution in [2.45, 2.75) is 37.4 Å². The summed E-state index contributed by atoms with van der Waals surface area (Å²) < 4.78 is 39.6. The molecule has 1 N–H and O–H groups in total. The number of amides is 1. The maximum Gasteiger partial charge on any atom is 0.257 e. The fourth-order valence-electron chi connectivity index (χ4n) is 2.78. The smallest absolute Gasteiger partial charge is 0.257 e. The maximum atomic E-state index is 12.3. The third-order valence-electron chi connectivity index (χ3n) is 4.19. The third-order valence-corrected chi connectivity index (χ3v) is 5.30. The summed E-state index contributed by atoms with van der Waals surface area (Å²) in [6.45, 7) is 0.301. The van der Waals surface area contributed by atoms with Crippen LogP contribution < -0.4 is 0 Å². The largest absolute Gasteiger partial charge is 0.396 e. The number of rotatable bonds is 6. The first-order chi connectivity index (χ1) is 14.9. The number of aromatic nitrogens is 4. The van der Waals surface area contributed by atoms with E-state index in [4.69, 9.17) is 16.7 Å². The summed E-state index contributed by atoms with van der Waals surface area (Å²) in [6, 6.07) is 6.12. The summed E-state index contributed by atoms with van der Waals surface area (Å²) in [6.07, 6.45) is 2.54. The molecule has 0 unspecified atom stereocenters. The van der Waals surface area contributed by atoms with Crippen molar-refractivity contribution in [2.75, 3.05) is 6.61 Å². The summed E-state index contributed by atoms with van der Waals surface area (Å²) in [5.74, 6) is -0.466. The normalized spacial score (nSPS) is 12.6. The number of carbonyl (C=O) groups excluding carboxylic acids is 1. The standard InChI is InChI=1S/C13H15F2N5O2S.C6H4ClF/c14-12(15)8-19-6-10(3-16-19)23-20-5-9-4-18(7-11(9)17-20)13(22)1-2-21;7-5-3-1-2-4-6(5)8/h3,5-6,12,21H,1-2,4,7-8H2;1-4H. The highest BCUT2D eigenvalue weighted by atomic mass is 35.5. The molecule has 0 spiro atoms. The number of benzene rings is 1. The van der Waals surface area contributed by atoms with Gasteiger partial charge in [0.15, 0.2) is 0 Å². The highest BCUT2D eigenvalue weighted by molar-refractivity contribution is 7.97. The molecule has 1 aliphatic rings. The van der Waals surface area contributed by atoms with E-state index in [2.05, 4.69) is 10.2 Å². The molecule has 0 radical (unpaired) electrons. The third kappa shape index (κ3) is 6.49. The Hall–Kier alpha value is -2.50. The van der Waals surface area contributed by atoms with Crippen LogP contribution in [0.2, 0.25) is 5.02 Å². The van der Waals surface area contributed by atoms with E-state index >= 15 is 0 Å². The van der Waals surface area contributed by atoms with Crippen LogP contribution in [0.1, 0.15) is 17.7 Å². The van der Waals surface area contributed by atoms with Gasteiger partial charge >= 0.3 is 0 Å². The van der Waals surface area contributed by atoms with Crippen LogP contribution in [0, 0.1) is 5.82 Å². The molecule has 1 aliphatic heterocycles. The number of alkyl halides is 2. The predicted molar refractivity (Wildman–Crippen MR) is 109 cm³/mol. The van der Waals surface area contributed by atoms with Crippen LogP contribution in [0.15, 0.2) is 47.8 Å². The number of carbonyl (C=O) groups is 1. The zero-order valence-electron chi connectivity index (χ0n) is 16.2. The number of nitrogens with zero attached hydrogens (tertiary/aromatic N) is 5. The first kappa shape index (κ1) is 23.2. The lowest BCUT2D eigenvalue weighted by molar-refractivity contribution is -0.132. The van der Waals surface area contributed by atoms with E-state index in [-0.39, 0.29) is 29.8 Å². The van der Waals surface area contributed by atoms with Crippen LogP contribution in [0.3, 0.4) is 0 Å². The highest BCUT2D eigenvalue weighted by Gasteiger charge is 2.26. The Morgan fingerprint density at radius 1 is 1.26 bits per heavy atom. The Balaban J connectivity index is 0.000000287. The van der Waals surface area contributed by atoms with Crippen LogP contribution in [0.5, 0.6) is 0 Å². The number of halogens is 4. The molecule has 0 fully saturated rings. The Labute approximate surface area is 185 Å². The van der Waals surface area contributed by atoms with Gasteiger partial charge in [-0.3, -0.25) is 9.48 Å². The van der Waals surface area contributed by atoms with E-state index in [1.54, 1.807) is 27.3 Å². The summed E-state index contributed by atoms with van der Waals surface area (Å²) in [7, 11) is 0. The molecule has 1 amide bonds. The molecule has 0 saturated carbocycles. The molecule has 4 rings (SSSR count). The van der Waals surface area contributed by atoms with Crippen LogP contribution >= 0.6 is 23.5 Å². The van der Waals surface area contributed by atoms with Gasteiger partial charge in [-0.25, -0.2) is 17.3 Å². The van der Waals surface area contributed by atoms with Gasteiger partial charge in [0.1, 0.15) is 12.4 Å². The molecular formula is C19H19ClF3N5O2S. The second kappa shape index (κ2) is 10.7. The topological polar surface area (TPSA) is 76.2 Å². The Bertz CT molecular complexity index is 985. The average molecular weight is 474 g/mol. The van der Waals surface area contributed by atoms with Crippen molar-refractivity contribution in [1.82, 2.24) is 23.9 Å². The van der Waals surface area contributed by atoms with Crippen molar-refractivity contribution in [1.29, 1.82) is 0 Å². The fraction of sp³-hybridized carbons (Fsp3) is 0.316. The van der Waals surface area contributed by atoms with Crippen molar-refractivity contribution in [3.63, 3.8) is 0 Å². The van der Waals surface area contributed by atoms with Crippen LogP contribution in [-0.4, -0.2) is 47.9 Å². The van der Waals surface area contributed by atoms with Crippen molar-refractivity contribution >= 4 is 29.5 Å². The number of hydrogen-bond acceptors (Lipinski definition) is 5. The van der Waals surface area contributed by atoms with Crippen LogP contribution in [0.4, 0.5) is 13.2 Å². The van der Waals surface area contributed by atoms with Gasteiger partial charge in [-0.2, -0.15) is 10.2 Å². The molecule has 3 heterocycles. The molecule has 2 aromatic heterocycles. The molecule has 7 nitrogen and oxygen atoms in total. The summed E-state index contributed by atoms with van der Waals surface area (Å²) in [4.78, 5) is 14.1. The second-order valence-electron chi connectivity index (χ2n) is 6.52.